The molecule has 2 N–H and O–H groups in total. The van der Waals surface area contributed by atoms with Crippen molar-refractivity contribution in [3.8, 4) is 0 Å². The molecule has 0 aromatic carbocycles. The summed E-state index contributed by atoms with van der Waals surface area (Å²) >= 11 is 0. The van der Waals surface area contributed by atoms with Crippen molar-refractivity contribution >= 4 is 21.9 Å². The minimum absolute atomic E-state index is 0.0413. The average molecular weight is 324 g/mol. The van der Waals surface area contributed by atoms with Gasteiger partial charge in [0.25, 0.3) is 0 Å². The number of carbonyl (C=O) groups is 2. The molecule has 0 aliphatic rings. The predicted molar refractivity (Wildman–Crippen MR) is 77.4 cm³/mol. The molecular formula is C12H24N2O6S. The van der Waals surface area contributed by atoms with Crippen LogP contribution in [0.25, 0.3) is 0 Å². The standard InChI is InChI=1S/C12H24N2O6S/c1-9(11(16)17)14(7-6-13-10(2)15)21(18,19)8-12(3,4)20-5/h9H,6-8H2,1-5H3,(H,13,15)(H,16,17). The SMILES string of the molecule is COC(C)(C)CS(=O)(=O)N(CCNC(C)=O)C(C)C(=O)O. The zero-order valence-corrected chi connectivity index (χ0v) is 13.9. The molecule has 0 rings (SSSR count). The van der Waals surface area contributed by atoms with Gasteiger partial charge in [0.15, 0.2) is 0 Å². The van der Waals surface area contributed by atoms with Gasteiger partial charge >= 0.3 is 5.97 Å². The third-order valence-electron chi connectivity index (χ3n) is 2.94. The number of nitrogens with zero attached hydrogens (tertiary/aromatic N) is 1. The lowest BCUT2D eigenvalue weighted by Gasteiger charge is -2.30. The Morgan fingerprint density at radius 3 is 2.29 bits per heavy atom. The molecule has 0 aromatic rings. The van der Waals surface area contributed by atoms with E-state index in [4.69, 9.17) is 9.84 Å². The lowest BCUT2D eigenvalue weighted by atomic mass is 10.2. The van der Waals surface area contributed by atoms with E-state index in [1.807, 2.05) is 0 Å². The van der Waals surface area contributed by atoms with Gasteiger partial charge in [-0.05, 0) is 20.8 Å². The first-order valence-corrected chi connectivity index (χ1v) is 8.06. The minimum atomic E-state index is -3.86. The lowest BCUT2D eigenvalue weighted by Crippen LogP contribution is -2.50. The van der Waals surface area contributed by atoms with Crippen LogP contribution in [0.5, 0.6) is 0 Å². The van der Waals surface area contributed by atoms with Crippen LogP contribution in [0.15, 0.2) is 0 Å². The highest BCUT2D eigenvalue weighted by Crippen LogP contribution is 2.16. The number of hydrogen-bond donors (Lipinski definition) is 2. The van der Waals surface area contributed by atoms with Gasteiger partial charge in [-0.25, -0.2) is 8.42 Å². The summed E-state index contributed by atoms with van der Waals surface area (Å²) in [5.74, 6) is -1.92. The Hall–Kier alpha value is -1.19. The van der Waals surface area contributed by atoms with Crippen LogP contribution in [-0.2, 0) is 24.3 Å². The Kier molecular flexibility index (Phi) is 7.28. The summed E-state index contributed by atoms with van der Waals surface area (Å²) in [5.41, 5.74) is -0.941. The number of nitrogens with one attached hydrogen (secondary N) is 1. The fourth-order valence-corrected chi connectivity index (χ4v) is 3.72. The Morgan fingerprint density at radius 1 is 1.38 bits per heavy atom. The first-order valence-electron chi connectivity index (χ1n) is 6.45. The highest BCUT2D eigenvalue weighted by atomic mass is 32.2. The molecule has 0 aromatic heterocycles. The molecular weight excluding hydrogens is 300 g/mol. The van der Waals surface area contributed by atoms with Crippen molar-refractivity contribution in [2.75, 3.05) is 26.0 Å². The van der Waals surface area contributed by atoms with Crippen molar-refractivity contribution in [2.45, 2.75) is 39.3 Å². The van der Waals surface area contributed by atoms with Crippen LogP contribution < -0.4 is 5.32 Å². The summed E-state index contributed by atoms with van der Waals surface area (Å²) in [5, 5.41) is 11.5. The van der Waals surface area contributed by atoms with E-state index in [1.54, 1.807) is 13.8 Å². The minimum Gasteiger partial charge on any atom is -0.480 e. The van der Waals surface area contributed by atoms with E-state index in [2.05, 4.69) is 5.32 Å². The zero-order chi connectivity index (χ0) is 16.8. The second-order valence-corrected chi connectivity index (χ2v) is 7.25. The van der Waals surface area contributed by atoms with Gasteiger partial charge < -0.3 is 15.2 Å². The number of methoxy groups -OCH3 is 1. The molecule has 1 unspecified atom stereocenters. The molecule has 0 radical (unpaired) electrons. The topological polar surface area (TPSA) is 113 Å². The van der Waals surface area contributed by atoms with Crippen LogP contribution in [0, 0.1) is 0 Å². The third-order valence-corrected chi connectivity index (χ3v) is 5.21. The Balaban J connectivity index is 5.18. The quantitative estimate of drug-likeness (QED) is 0.599. The molecule has 0 aliphatic heterocycles. The van der Waals surface area contributed by atoms with Crippen LogP contribution in [0.2, 0.25) is 0 Å². The van der Waals surface area contributed by atoms with Crippen molar-refractivity contribution in [1.82, 2.24) is 9.62 Å². The summed E-state index contributed by atoms with van der Waals surface area (Å²) in [6, 6.07) is -1.23. The predicted octanol–water partition coefficient (Wildman–Crippen LogP) is -0.348. The molecule has 0 heterocycles. The number of carboxylic acids is 1. The molecule has 9 heteroatoms. The van der Waals surface area contributed by atoms with Gasteiger partial charge in [-0.2, -0.15) is 4.31 Å². The van der Waals surface area contributed by atoms with Crippen molar-refractivity contribution in [3.05, 3.63) is 0 Å². The molecule has 0 aliphatic carbocycles. The maximum absolute atomic E-state index is 12.4. The highest BCUT2D eigenvalue weighted by molar-refractivity contribution is 7.89. The summed E-state index contributed by atoms with van der Waals surface area (Å²) in [7, 11) is -2.47. The second-order valence-electron chi connectivity index (χ2n) is 5.33. The zero-order valence-electron chi connectivity index (χ0n) is 13.0. The normalized spacial score (nSPS) is 14.0. The van der Waals surface area contributed by atoms with E-state index >= 15 is 0 Å². The maximum Gasteiger partial charge on any atom is 0.321 e. The molecule has 1 amide bonds. The fourth-order valence-electron chi connectivity index (χ4n) is 1.62. The number of carbonyl (C=O) groups excluding carboxylic acids is 1. The molecule has 0 saturated carbocycles. The molecule has 8 nitrogen and oxygen atoms in total. The number of hydrogen-bond acceptors (Lipinski definition) is 5. The first kappa shape index (κ1) is 19.8. The van der Waals surface area contributed by atoms with E-state index in [0.29, 0.717) is 0 Å². The highest BCUT2D eigenvalue weighted by Gasteiger charge is 2.35. The van der Waals surface area contributed by atoms with Crippen molar-refractivity contribution in [1.29, 1.82) is 0 Å². The van der Waals surface area contributed by atoms with Gasteiger partial charge in [0.05, 0.1) is 11.4 Å². The van der Waals surface area contributed by atoms with Gasteiger partial charge in [0.1, 0.15) is 6.04 Å². The number of carboxylic acid groups (broad SMARTS) is 1. The number of amides is 1. The first-order chi connectivity index (χ1) is 9.43. The van der Waals surface area contributed by atoms with Crippen LogP contribution in [0.1, 0.15) is 27.7 Å². The van der Waals surface area contributed by atoms with Crippen molar-refractivity contribution in [3.63, 3.8) is 0 Å². The monoisotopic (exact) mass is 324 g/mol. The summed E-state index contributed by atoms with van der Waals surface area (Å²) in [6.07, 6.45) is 0. The number of sulfonamides is 1. The van der Waals surface area contributed by atoms with E-state index in [9.17, 15) is 18.0 Å². The van der Waals surface area contributed by atoms with Gasteiger partial charge in [-0.15, -0.1) is 0 Å². The smallest absolute Gasteiger partial charge is 0.321 e. The van der Waals surface area contributed by atoms with E-state index in [0.717, 1.165) is 4.31 Å². The molecule has 0 fully saturated rings. The van der Waals surface area contributed by atoms with Crippen molar-refractivity contribution in [2.24, 2.45) is 0 Å². The summed E-state index contributed by atoms with van der Waals surface area (Å²) in [4.78, 5) is 21.9. The summed E-state index contributed by atoms with van der Waals surface area (Å²) in [6.45, 7) is 5.71. The number of ether oxygens (including phenoxy) is 1. The number of rotatable bonds is 9. The maximum atomic E-state index is 12.4. The number of aliphatic carboxylic acids is 1. The van der Waals surface area contributed by atoms with Crippen LogP contribution in [-0.4, -0.2) is 67.3 Å². The van der Waals surface area contributed by atoms with Crippen LogP contribution in [0.4, 0.5) is 0 Å². The molecule has 0 bridgehead atoms. The van der Waals surface area contributed by atoms with E-state index in [1.165, 1.54) is 21.0 Å². The van der Waals surface area contributed by atoms with Gasteiger partial charge in [0, 0.05) is 27.1 Å². The molecule has 0 spiro atoms. The lowest BCUT2D eigenvalue weighted by molar-refractivity contribution is -0.140. The summed E-state index contributed by atoms with van der Waals surface area (Å²) < 4.78 is 30.7. The largest absolute Gasteiger partial charge is 0.480 e. The average Bonchev–Trinajstić information content (AvgIpc) is 2.31. The van der Waals surface area contributed by atoms with E-state index in [-0.39, 0.29) is 24.7 Å². The van der Waals surface area contributed by atoms with Gasteiger partial charge in [-0.3, -0.25) is 9.59 Å². The van der Waals surface area contributed by atoms with Crippen LogP contribution >= 0.6 is 0 Å². The molecule has 21 heavy (non-hydrogen) atoms. The Bertz CT molecular complexity index is 474. The van der Waals surface area contributed by atoms with E-state index < -0.39 is 27.6 Å². The van der Waals surface area contributed by atoms with Crippen molar-refractivity contribution < 1.29 is 27.9 Å². The Morgan fingerprint density at radius 2 is 1.90 bits per heavy atom. The van der Waals surface area contributed by atoms with Crippen LogP contribution in [0.3, 0.4) is 0 Å². The Labute approximate surface area is 125 Å². The fraction of sp³-hybridized carbons (Fsp3) is 0.833. The molecule has 1 atom stereocenters. The van der Waals surface area contributed by atoms with Gasteiger partial charge in [-0.1, -0.05) is 0 Å². The van der Waals surface area contributed by atoms with Gasteiger partial charge in [0.2, 0.25) is 15.9 Å². The third kappa shape index (κ3) is 6.87. The molecule has 0 saturated heterocycles. The second kappa shape index (κ2) is 7.71. The molecule has 124 valence electrons.